The highest BCUT2D eigenvalue weighted by atomic mass is 16.5. The topological polar surface area (TPSA) is 64.9 Å². The van der Waals surface area contributed by atoms with Crippen molar-refractivity contribution in [2.45, 2.75) is 27.3 Å². The van der Waals surface area contributed by atoms with Crippen molar-refractivity contribution in [1.82, 2.24) is 10.1 Å². The van der Waals surface area contributed by atoms with Crippen LogP contribution in [0.4, 0.5) is 0 Å². The maximum absolute atomic E-state index is 5.56. The first-order chi connectivity index (χ1) is 8.98. The molecule has 0 aliphatic carbocycles. The fourth-order valence-electron chi connectivity index (χ4n) is 1.53. The van der Waals surface area contributed by atoms with Gasteiger partial charge in [0, 0.05) is 12.1 Å². The minimum atomic E-state index is 0.0947. The molecule has 0 saturated carbocycles. The third kappa shape index (κ3) is 3.76. The first-order valence-corrected chi connectivity index (χ1v) is 6.30. The van der Waals surface area contributed by atoms with Gasteiger partial charge in [-0.2, -0.15) is 4.98 Å². The smallest absolute Gasteiger partial charge is 0.250 e. The van der Waals surface area contributed by atoms with E-state index >= 15 is 0 Å². The maximum Gasteiger partial charge on any atom is 0.250 e. The Balaban J connectivity index is 2.18. The highest BCUT2D eigenvalue weighted by Gasteiger charge is 2.08. The lowest BCUT2D eigenvalue weighted by atomic mass is 9.96. The zero-order chi connectivity index (χ0) is 13.9. The molecule has 1 aromatic heterocycles. The summed E-state index contributed by atoms with van der Waals surface area (Å²) in [6.45, 7) is 6.89. The molecule has 1 aromatic carbocycles. The third-order valence-corrected chi connectivity index (χ3v) is 2.62. The van der Waals surface area contributed by atoms with E-state index in [4.69, 9.17) is 10.3 Å². The van der Waals surface area contributed by atoms with E-state index in [0.717, 1.165) is 11.1 Å². The van der Waals surface area contributed by atoms with Crippen LogP contribution in [0, 0.1) is 5.41 Å². The normalized spacial score (nSPS) is 12.2. The number of aromatic nitrogens is 2. The van der Waals surface area contributed by atoms with Crippen molar-refractivity contribution in [1.29, 1.82) is 0 Å². The Hall–Kier alpha value is -1.94. The molecule has 0 bridgehead atoms. The van der Waals surface area contributed by atoms with E-state index in [1.54, 1.807) is 0 Å². The van der Waals surface area contributed by atoms with Crippen LogP contribution in [-0.2, 0) is 6.54 Å². The van der Waals surface area contributed by atoms with Gasteiger partial charge in [-0.15, -0.1) is 0 Å². The van der Waals surface area contributed by atoms with E-state index in [0.29, 0.717) is 18.3 Å². The van der Waals surface area contributed by atoms with Crippen molar-refractivity contribution in [3.8, 4) is 11.4 Å². The fourth-order valence-corrected chi connectivity index (χ4v) is 1.53. The standard InChI is InChI=1S/C15H19N3O/c1-15(2,3)9-8-13-17-14(18-19-13)12-6-4-11(10-16)5-7-12/h4-9H,10,16H2,1-3H3/b9-8+. The van der Waals surface area contributed by atoms with Gasteiger partial charge in [0.2, 0.25) is 5.82 Å². The van der Waals surface area contributed by atoms with Gasteiger partial charge in [0.25, 0.3) is 5.89 Å². The SMILES string of the molecule is CC(C)(C)/C=C/c1nc(-c2ccc(CN)cc2)no1. The van der Waals surface area contributed by atoms with Crippen LogP contribution < -0.4 is 5.73 Å². The summed E-state index contributed by atoms with van der Waals surface area (Å²) in [5.41, 5.74) is 7.67. The van der Waals surface area contributed by atoms with Gasteiger partial charge < -0.3 is 10.3 Å². The molecule has 0 aliphatic heterocycles. The average Bonchev–Trinajstić information content (AvgIpc) is 2.84. The second kappa shape index (κ2) is 5.36. The predicted octanol–water partition coefficient (Wildman–Crippen LogP) is 3.25. The number of nitrogens with zero attached hydrogens (tertiary/aromatic N) is 2. The van der Waals surface area contributed by atoms with Crippen molar-refractivity contribution < 1.29 is 4.52 Å². The molecule has 2 aromatic rings. The lowest BCUT2D eigenvalue weighted by Crippen LogP contribution is -1.97. The largest absolute Gasteiger partial charge is 0.334 e. The molecule has 19 heavy (non-hydrogen) atoms. The van der Waals surface area contributed by atoms with Gasteiger partial charge in [-0.1, -0.05) is 56.3 Å². The van der Waals surface area contributed by atoms with Crippen LogP contribution in [-0.4, -0.2) is 10.1 Å². The summed E-state index contributed by atoms with van der Waals surface area (Å²) in [5.74, 6) is 1.12. The van der Waals surface area contributed by atoms with Crippen LogP contribution >= 0.6 is 0 Å². The zero-order valence-corrected chi connectivity index (χ0v) is 11.6. The van der Waals surface area contributed by atoms with E-state index in [1.165, 1.54) is 0 Å². The van der Waals surface area contributed by atoms with Gasteiger partial charge >= 0.3 is 0 Å². The molecule has 0 saturated heterocycles. The summed E-state index contributed by atoms with van der Waals surface area (Å²) >= 11 is 0. The Morgan fingerprint density at radius 3 is 2.47 bits per heavy atom. The number of allylic oxidation sites excluding steroid dienone is 1. The second-order valence-corrected chi connectivity index (χ2v) is 5.56. The van der Waals surface area contributed by atoms with Gasteiger partial charge in [0.1, 0.15) is 0 Å². The molecule has 0 atom stereocenters. The molecule has 0 aliphatic rings. The molecular weight excluding hydrogens is 238 g/mol. The van der Waals surface area contributed by atoms with Crippen LogP contribution in [0.3, 0.4) is 0 Å². The monoisotopic (exact) mass is 257 g/mol. The van der Waals surface area contributed by atoms with Crippen molar-refractivity contribution >= 4 is 6.08 Å². The van der Waals surface area contributed by atoms with Crippen molar-refractivity contribution in [2.75, 3.05) is 0 Å². The summed E-state index contributed by atoms with van der Waals surface area (Å²) in [7, 11) is 0. The molecule has 1 heterocycles. The van der Waals surface area contributed by atoms with E-state index in [1.807, 2.05) is 36.4 Å². The maximum atomic E-state index is 5.56. The third-order valence-electron chi connectivity index (χ3n) is 2.62. The Morgan fingerprint density at radius 2 is 1.89 bits per heavy atom. The molecule has 0 unspecified atom stereocenters. The molecule has 4 nitrogen and oxygen atoms in total. The Labute approximate surface area is 113 Å². The highest BCUT2D eigenvalue weighted by Crippen LogP contribution is 2.19. The van der Waals surface area contributed by atoms with Crippen LogP contribution in [0.1, 0.15) is 32.2 Å². The summed E-state index contributed by atoms with van der Waals surface area (Å²) in [5, 5.41) is 3.97. The van der Waals surface area contributed by atoms with Crippen LogP contribution in [0.25, 0.3) is 17.5 Å². The van der Waals surface area contributed by atoms with E-state index in [2.05, 4.69) is 30.9 Å². The number of rotatable bonds is 3. The summed E-state index contributed by atoms with van der Waals surface area (Å²) in [6.07, 6.45) is 3.90. The Bertz CT molecular complexity index is 562. The lowest BCUT2D eigenvalue weighted by Gasteiger charge is -2.09. The van der Waals surface area contributed by atoms with Gasteiger partial charge in [-0.05, 0) is 17.1 Å². The summed E-state index contributed by atoms with van der Waals surface area (Å²) < 4.78 is 5.20. The van der Waals surface area contributed by atoms with Crippen molar-refractivity contribution in [3.05, 3.63) is 41.8 Å². The molecule has 0 spiro atoms. The van der Waals surface area contributed by atoms with Crippen LogP contribution in [0.2, 0.25) is 0 Å². The number of nitrogens with two attached hydrogens (primary N) is 1. The molecule has 4 heteroatoms. The highest BCUT2D eigenvalue weighted by molar-refractivity contribution is 5.56. The molecule has 100 valence electrons. The molecular formula is C15H19N3O. The van der Waals surface area contributed by atoms with Crippen molar-refractivity contribution in [3.63, 3.8) is 0 Å². The van der Waals surface area contributed by atoms with Gasteiger partial charge in [-0.3, -0.25) is 0 Å². The predicted molar refractivity (Wildman–Crippen MR) is 76.1 cm³/mol. The van der Waals surface area contributed by atoms with Gasteiger partial charge in [0.05, 0.1) is 0 Å². The number of benzene rings is 1. The molecule has 2 rings (SSSR count). The Kier molecular flexibility index (Phi) is 3.81. The lowest BCUT2D eigenvalue weighted by molar-refractivity contribution is 0.410. The van der Waals surface area contributed by atoms with Crippen LogP contribution in [0.15, 0.2) is 34.9 Å². The van der Waals surface area contributed by atoms with E-state index in [-0.39, 0.29) is 5.41 Å². The first-order valence-electron chi connectivity index (χ1n) is 6.30. The molecule has 2 N–H and O–H groups in total. The van der Waals surface area contributed by atoms with Gasteiger partial charge in [0.15, 0.2) is 0 Å². The molecule has 0 amide bonds. The summed E-state index contributed by atoms with van der Waals surface area (Å²) in [4.78, 5) is 4.34. The van der Waals surface area contributed by atoms with E-state index < -0.39 is 0 Å². The summed E-state index contributed by atoms with van der Waals surface area (Å²) in [6, 6.07) is 7.83. The molecule has 0 radical (unpaired) electrons. The zero-order valence-electron chi connectivity index (χ0n) is 11.6. The molecule has 0 fully saturated rings. The minimum Gasteiger partial charge on any atom is -0.334 e. The fraction of sp³-hybridized carbons (Fsp3) is 0.333. The average molecular weight is 257 g/mol. The quantitative estimate of drug-likeness (QED) is 0.916. The van der Waals surface area contributed by atoms with Gasteiger partial charge in [-0.25, -0.2) is 0 Å². The second-order valence-electron chi connectivity index (χ2n) is 5.56. The number of hydrogen-bond acceptors (Lipinski definition) is 4. The van der Waals surface area contributed by atoms with E-state index in [9.17, 15) is 0 Å². The first kappa shape index (κ1) is 13.5. The minimum absolute atomic E-state index is 0.0947. The van der Waals surface area contributed by atoms with Crippen LogP contribution in [0.5, 0.6) is 0 Å². The van der Waals surface area contributed by atoms with Crippen molar-refractivity contribution in [2.24, 2.45) is 11.1 Å². The Morgan fingerprint density at radius 1 is 1.21 bits per heavy atom. The number of hydrogen-bond donors (Lipinski definition) is 1.